The summed E-state index contributed by atoms with van der Waals surface area (Å²) >= 11 is 0. The summed E-state index contributed by atoms with van der Waals surface area (Å²) < 4.78 is 7.00. The van der Waals surface area contributed by atoms with E-state index in [2.05, 4.69) is 4.98 Å². The van der Waals surface area contributed by atoms with Crippen molar-refractivity contribution in [1.82, 2.24) is 9.55 Å². The van der Waals surface area contributed by atoms with Crippen LogP contribution >= 0.6 is 0 Å². The molecule has 17 heavy (non-hydrogen) atoms. The second-order valence-electron chi connectivity index (χ2n) is 3.90. The molecule has 1 heterocycles. The van der Waals surface area contributed by atoms with Gasteiger partial charge in [-0.25, -0.2) is 4.98 Å². The molecule has 1 aromatic heterocycles. The number of aryl methyl sites for hydroxylation is 1. The summed E-state index contributed by atoms with van der Waals surface area (Å²) in [5, 5.41) is 0. The van der Waals surface area contributed by atoms with Crippen LogP contribution in [0.2, 0.25) is 0 Å². The Labute approximate surface area is 100 Å². The molecule has 0 radical (unpaired) electrons. The first-order valence-corrected chi connectivity index (χ1v) is 5.86. The van der Waals surface area contributed by atoms with Crippen molar-refractivity contribution in [3.8, 4) is 0 Å². The number of aromatic nitrogens is 2. The summed E-state index contributed by atoms with van der Waals surface area (Å²) in [6.45, 7) is 3.10. The van der Waals surface area contributed by atoms with Crippen molar-refractivity contribution in [3.63, 3.8) is 0 Å². The van der Waals surface area contributed by atoms with Crippen molar-refractivity contribution in [2.75, 3.05) is 6.61 Å². The Balaban J connectivity index is 1.97. The maximum Gasteiger partial charge on any atom is 0.307 e. The lowest BCUT2D eigenvalue weighted by atomic mass is 10.3. The Morgan fingerprint density at radius 1 is 1.41 bits per heavy atom. The summed E-state index contributed by atoms with van der Waals surface area (Å²) in [6.07, 6.45) is 3.01. The maximum atomic E-state index is 11.4. The number of carbonyl (C=O) groups excluding carboxylic acids is 1. The van der Waals surface area contributed by atoms with Crippen LogP contribution in [-0.2, 0) is 16.1 Å². The van der Waals surface area contributed by atoms with E-state index in [4.69, 9.17) is 4.74 Å². The average Bonchev–Trinajstić information content (AvgIpc) is 2.77. The highest BCUT2D eigenvalue weighted by Crippen LogP contribution is 2.12. The number of imidazole rings is 1. The van der Waals surface area contributed by atoms with Crippen molar-refractivity contribution >= 4 is 17.0 Å². The molecule has 0 N–H and O–H groups in total. The molecule has 0 aliphatic carbocycles. The molecule has 2 aromatic rings. The van der Waals surface area contributed by atoms with Crippen LogP contribution in [0.25, 0.3) is 11.0 Å². The van der Waals surface area contributed by atoms with E-state index in [1.54, 1.807) is 6.33 Å². The smallest absolute Gasteiger partial charge is 0.307 e. The Bertz CT molecular complexity index is 505. The molecule has 1 aromatic carbocycles. The number of benzene rings is 1. The van der Waals surface area contributed by atoms with Crippen molar-refractivity contribution in [2.24, 2.45) is 0 Å². The van der Waals surface area contributed by atoms with E-state index in [1.807, 2.05) is 35.8 Å². The van der Waals surface area contributed by atoms with Crippen LogP contribution in [0.5, 0.6) is 0 Å². The van der Waals surface area contributed by atoms with Crippen LogP contribution in [0.3, 0.4) is 0 Å². The van der Waals surface area contributed by atoms with E-state index in [0.29, 0.717) is 19.6 Å². The first-order chi connectivity index (χ1) is 8.31. The van der Waals surface area contributed by atoms with E-state index >= 15 is 0 Å². The summed E-state index contributed by atoms with van der Waals surface area (Å²) in [6, 6.07) is 7.88. The van der Waals surface area contributed by atoms with Gasteiger partial charge in [-0.15, -0.1) is 0 Å². The molecule has 0 fully saturated rings. The van der Waals surface area contributed by atoms with E-state index in [9.17, 15) is 4.79 Å². The number of hydrogen-bond donors (Lipinski definition) is 0. The number of esters is 1. The number of rotatable bonds is 5. The fourth-order valence-corrected chi connectivity index (χ4v) is 1.69. The molecule has 0 atom stereocenters. The normalized spacial score (nSPS) is 10.6. The zero-order valence-electron chi connectivity index (χ0n) is 9.93. The Morgan fingerprint density at radius 3 is 3.06 bits per heavy atom. The van der Waals surface area contributed by atoms with Crippen molar-refractivity contribution in [2.45, 2.75) is 26.3 Å². The zero-order chi connectivity index (χ0) is 12.1. The molecule has 0 amide bonds. The topological polar surface area (TPSA) is 44.1 Å². The fourth-order valence-electron chi connectivity index (χ4n) is 1.69. The highest BCUT2D eigenvalue weighted by Gasteiger charge is 2.05. The molecule has 0 aliphatic heterocycles. The van der Waals surface area contributed by atoms with Gasteiger partial charge < -0.3 is 9.30 Å². The van der Waals surface area contributed by atoms with Crippen molar-refractivity contribution < 1.29 is 9.53 Å². The number of ether oxygens (including phenoxy) is 1. The van der Waals surface area contributed by atoms with E-state index in [0.717, 1.165) is 17.5 Å². The van der Waals surface area contributed by atoms with Gasteiger partial charge in [-0.1, -0.05) is 19.1 Å². The van der Waals surface area contributed by atoms with Gasteiger partial charge in [0.2, 0.25) is 0 Å². The van der Waals surface area contributed by atoms with Crippen LogP contribution in [-0.4, -0.2) is 22.1 Å². The monoisotopic (exact) mass is 232 g/mol. The first kappa shape index (κ1) is 11.6. The van der Waals surface area contributed by atoms with Gasteiger partial charge in [0.05, 0.1) is 30.4 Å². The molecule has 2 rings (SSSR count). The van der Waals surface area contributed by atoms with Gasteiger partial charge in [-0.05, 0) is 18.6 Å². The van der Waals surface area contributed by atoms with Gasteiger partial charge >= 0.3 is 5.97 Å². The van der Waals surface area contributed by atoms with Crippen LogP contribution in [0.1, 0.15) is 19.8 Å². The quantitative estimate of drug-likeness (QED) is 0.743. The van der Waals surface area contributed by atoms with Gasteiger partial charge in [-0.2, -0.15) is 0 Å². The van der Waals surface area contributed by atoms with E-state index in [-0.39, 0.29) is 5.97 Å². The second kappa shape index (κ2) is 5.48. The van der Waals surface area contributed by atoms with Crippen LogP contribution in [0, 0.1) is 0 Å². The van der Waals surface area contributed by atoms with Crippen LogP contribution < -0.4 is 0 Å². The first-order valence-electron chi connectivity index (χ1n) is 5.86. The predicted octanol–water partition coefficient (Wildman–Crippen LogP) is 2.38. The molecule has 4 heteroatoms. The molecule has 0 saturated carbocycles. The Morgan fingerprint density at radius 2 is 2.24 bits per heavy atom. The minimum absolute atomic E-state index is 0.148. The van der Waals surface area contributed by atoms with Gasteiger partial charge in [0.25, 0.3) is 0 Å². The number of para-hydroxylation sites is 2. The minimum Gasteiger partial charge on any atom is -0.466 e. The predicted molar refractivity (Wildman–Crippen MR) is 65.6 cm³/mol. The van der Waals surface area contributed by atoms with Gasteiger partial charge in [-0.3, -0.25) is 4.79 Å². The van der Waals surface area contributed by atoms with Crippen molar-refractivity contribution in [3.05, 3.63) is 30.6 Å². The molecule has 0 unspecified atom stereocenters. The minimum atomic E-state index is -0.148. The lowest BCUT2D eigenvalue weighted by Crippen LogP contribution is -2.09. The number of carbonyl (C=O) groups is 1. The summed E-state index contributed by atoms with van der Waals surface area (Å²) in [5.41, 5.74) is 2.00. The Hall–Kier alpha value is -1.84. The third-order valence-corrected chi connectivity index (χ3v) is 2.55. The molecule has 0 aliphatic rings. The summed E-state index contributed by atoms with van der Waals surface area (Å²) in [5.74, 6) is -0.148. The van der Waals surface area contributed by atoms with Gasteiger partial charge in [0.1, 0.15) is 0 Å². The fraction of sp³-hybridized carbons (Fsp3) is 0.385. The molecule has 0 bridgehead atoms. The third kappa shape index (κ3) is 2.84. The molecule has 0 saturated heterocycles. The molecular formula is C13H16N2O2. The second-order valence-corrected chi connectivity index (χ2v) is 3.90. The van der Waals surface area contributed by atoms with Gasteiger partial charge in [0, 0.05) is 6.54 Å². The zero-order valence-corrected chi connectivity index (χ0v) is 9.93. The van der Waals surface area contributed by atoms with E-state index < -0.39 is 0 Å². The Kier molecular flexibility index (Phi) is 3.75. The lowest BCUT2D eigenvalue weighted by Gasteiger charge is -2.04. The maximum absolute atomic E-state index is 11.4. The third-order valence-electron chi connectivity index (χ3n) is 2.55. The molecule has 4 nitrogen and oxygen atoms in total. The number of nitrogens with zero attached hydrogens (tertiary/aromatic N) is 2. The lowest BCUT2D eigenvalue weighted by molar-refractivity contribution is -0.143. The molecular weight excluding hydrogens is 216 g/mol. The van der Waals surface area contributed by atoms with Crippen molar-refractivity contribution in [1.29, 1.82) is 0 Å². The average molecular weight is 232 g/mol. The highest BCUT2D eigenvalue weighted by molar-refractivity contribution is 5.75. The van der Waals surface area contributed by atoms with Gasteiger partial charge in [0.15, 0.2) is 0 Å². The number of hydrogen-bond acceptors (Lipinski definition) is 3. The summed E-state index contributed by atoms with van der Waals surface area (Å²) in [4.78, 5) is 15.6. The standard InChI is InChI=1S/C13H16N2O2/c1-2-9-17-13(16)7-8-15-10-14-11-5-3-4-6-12(11)15/h3-6,10H,2,7-9H2,1H3. The van der Waals surface area contributed by atoms with Crippen LogP contribution in [0.15, 0.2) is 30.6 Å². The SMILES string of the molecule is CCCOC(=O)CCn1cnc2ccccc21. The molecule has 90 valence electrons. The summed E-state index contributed by atoms with van der Waals surface area (Å²) in [7, 11) is 0. The molecule has 0 spiro atoms. The highest BCUT2D eigenvalue weighted by atomic mass is 16.5. The van der Waals surface area contributed by atoms with E-state index in [1.165, 1.54) is 0 Å². The largest absolute Gasteiger partial charge is 0.466 e. The number of fused-ring (bicyclic) bond motifs is 1. The van der Waals surface area contributed by atoms with Crippen LogP contribution in [0.4, 0.5) is 0 Å².